The highest BCUT2D eigenvalue weighted by atomic mass is 32.2. The lowest BCUT2D eigenvalue weighted by Gasteiger charge is -2.13. The Hall–Kier alpha value is -3.79. The SMILES string of the molecule is Cn1c(=O)n(C)c2cc(S(=O)(=O)c3ccc(F)cc3)c(NC(=O)c3ccc(F)cc3)cc21. The number of amides is 1. The van der Waals surface area contributed by atoms with Crippen LogP contribution in [-0.4, -0.2) is 23.5 Å². The van der Waals surface area contributed by atoms with Crippen LogP contribution < -0.4 is 11.0 Å². The summed E-state index contributed by atoms with van der Waals surface area (Å²) in [4.78, 5) is 24.6. The lowest BCUT2D eigenvalue weighted by atomic mass is 10.2. The van der Waals surface area contributed by atoms with Gasteiger partial charge in [0.1, 0.15) is 11.6 Å². The first-order chi connectivity index (χ1) is 15.1. The predicted molar refractivity (Wildman–Crippen MR) is 114 cm³/mol. The number of nitrogens with one attached hydrogen (secondary N) is 1. The molecule has 0 spiro atoms. The van der Waals surface area contributed by atoms with E-state index in [1.165, 1.54) is 47.5 Å². The van der Waals surface area contributed by atoms with Gasteiger partial charge in [-0.25, -0.2) is 22.0 Å². The molecule has 0 radical (unpaired) electrons. The number of benzene rings is 3. The molecule has 1 aromatic heterocycles. The Bertz CT molecular complexity index is 1520. The van der Waals surface area contributed by atoms with Gasteiger partial charge in [-0.15, -0.1) is 0 Å². The number of imidazole rings is 1. The molecule has 1 amide bonds. The molecule has 0 unspecified atom stereocenters. The minimum absolute atomic E-state index is 0.0719. The Morgan fingerprint density at radius 2 is 1.34 bits per heavy atom. The summed E-state index contributed by atoms with van der Waals surface area (Å²) in [5.74, 6) is -1.79. The molecule has 0 fully saturated rings. The van der Waals surface area contributed by atoms with E-state index < -0.39 is 27.4 Å². The molecule has 0 bridgehead atoms. The Morgan fingerprint density at radius 1 is 0.844 bits per heavy atom. The average Bonchev–Trinajstić information content (AvgIpc) is 2.97. The van der Waals surface area contributed by atoms with Crippen molar-refractivity contribution in [2.24, 2.45) is 14.1 Å². The van der Waals surface area contributed by atoms with Crippen molar-refractivity contribution in [2.75, 3.05) is 5.32 Å². The fraction of sp³-hybridized carbons (Fsp3) is 0.0909. The van der Waals surface area contributed by atoms with E-state index >= 15 is 0 Å². The molecule has 0 saturated carbocycles. The third-order valence-corrected chi connectivity index (χ3v) is 6.95. The molecule has 1 heterocycles. The maximum Gasteiger partial charge on any atom is 0.328 e. The number of sulfone groups is 1. The van der Waals surface area contributed by atoms with Crippen molar-refractivity contribution >= 4 is 32.5 Å². The van der Waals surface area contributed by atoms with E-state index in [1.54, 1.807) is 0 Å². The van der Waals surface area contributed by atoms with E-state index in [-0.39, 0.29) is 26.7 Å². The summed E-state index contributed by atoms with van der Waals surface area (Å²) in [5.41, 5.74) is 0.381. The smallest absolute Gasteiger partial charge is 0.321 e. The molecular formula is C22H17F2N3O4S. The van der Waals surface area contributed by atoms with Crippen molar-refractivity contribution in [2.45, 2.75) is 9.79 Å². The van der Waals surface area contributed by atoms with Crippen LogP contribution in [0.4, 0.5) is 14.5 Å². The summed E-state index contributed by atoms with van der Waals surface area (Å²) in [5, 5.41) is 2.54. The fourth-order valence-corrected chi connectivity index (χ4v) is 4.80. The molecule has 0 atom stereocenters. The van der Waals surface area contributed by atoms with Gasteiger partial charge in [-0.2, -0.15) is 0 Å². The van der Waals surface area contributed by atoms with Crippen molar-refractivity contribution in [3.05, 3.63) is 88.3 Å². The van der Waals surface area contributed by atoms with Crippen molar-refractivity contribution in [3.63, 3.8) is 0 Å². The largest absolute Gasteiger partial charge is 0.328 e. The molecule has 32 heavy (non-hydrogen) atoms. The van der Waals surface area contributed by atoms with E-state index in [0.29, 0.717) is 11.0 Å². The number of carbonyl (C=O) groups is 1. The zero-order valence-electron chi connectivity index (χ0n) is 17.0. The lowest BCUT2D eigenvalue weighted by molar-refractivity contribution is 0.102. The highest BCUT2D eigenvalue weighted by molar-refractivity contribution is 7.91. The molecule has 4 aromatic rings. The van der Waals surface area contributed by atoms with Crippen LogP contribution in [0.15, 0.2) is 75.2 Å². The van der Waals surface area contributed by atoms with Gasteiger partial charge < -0.3 is 5.32 Å². The minimum Gasteiger partial charge on any atom is -0.321 e. The molecule has 1 N–H and O–H groups in total. The first-order valence-corrected chi connectivity index (χ1v) is 10.8. The van der Waals surface area contributed by atoms with Crippen molar-refractivity contribution < 1.29 is 22.0 Å². The van der Waals surface area contributed by atoms with E-state index in [0.717, 1.165) is 36.4 Å². The van der Waals surface area contributed by atoms with Crippen LogP contribution in [0.5, 0.6) is 0 Å². The number of rotatable bonds is 4. The normalized spacial score (nSPS) is 11.6. The summed E-state index contributed by atoms with van der Waals surface area (Å²) in [6.45, 7) is 0. The second-order valence-corrected chi connectivity index (χ2v) is 9.07. The minimum atomic E-state index is -4.20. The quantitative estimate of drug-likeness (QED) is 0.477. The molecule has 3 aromatic carbocycles. The number of aromatic nitrogens is 2. The van der Waals surface area contributed by atoms with Crippen molar-refractivity contribution in [1.82, 2.24) is 9.13 Å². The Balaban J connectivity index is 1.92. The van der Waals surface area contributed by atoms with Gasteiger partial charge in [-0.05, 0) is 60.7 Å². The number of nitrogens with zero attached hydrogens (tertiary/aromatic N) is 2. The van der Waals surface area contributed by atoms with Crippen LogP contribution in [0, 0.1) is 11.6 Å². The number of carbonyl (C=O) groups excluding carboxylic acids is 1. The maximum atomic E-state index is 13.4. The maximum absolute atomic E-state index is 13.4. The second-order valence-electron chi connectivity index (χ2n) is 7.16. The van der Waals surface area contributed by atoms with Crippen LogP contribution in [0.3, 0.4) is 0 Å². The van der Waals surface area contributed by atoms with Gasteiger partial charge in [0.15, 0.2) is 0 Å². The lowest BCUT2D eigenvalue weighted by Crippen LogP contribution is -2.19. The molecule has 7 nitrogen and oxygen atoms in total. The Labute approximate surface area is 181 Å². The van der Waals surface area contributed by atoms with Crippen LogP contribution >= 0.6 is 0 Å². The number of aryl methyl sites for hydroxylation is 2. The zero-order chi connectivity index (χ0) is 23.2. The van der Waals surface area contributed by atoms with Gasteiger partial charge in [0.25, 0.3) is 5.91 Å². The predicted octanol–water partition coefficient (Wildman–Crippen LogP) is 3.24. The van der Waals surface area contributed by atoms with Crippen molar-refractivity contribution in [1.29, 1.82) is 0 Å². The monoisotopic (exact) mass is 457 g/mol. The Morgan fingerprint density at radius 3 is 1.91 bits per heavy atom. The summed E-state index contributed by atoms with van der Waals surface area (Å²) >= 11 is 0. The van der Waals surface area contributed by atoms with E-state index in [9.17, 15) is 26.8 Å². The highest BCUT2D eigenvalue weighted by Crippen LogP contribution is 2.32. The van der Waals surface area contributed by atoms with E-state index in [4.69, 9.17) is 0 Å². The average molecular weight is 457 g/mol. The summed E-state index contributed by atoms with van der Waals surface area (Å²) in [6.07, 6.45) is 0. The second kappa shape index (κ2) is 7.72. The zero-order valence-corrected chi connectivity index (χ0v) is 17.8. The van der Waals surface area contributed by atoms with Crippen LogP contribution in [0.2, 0.25) is 0 Å². The molecule has 0 aliphatic heterocycles. The fourth-order valence-electron chi connectivity index (χ4n) is 3.38. The number of hydrogen-bond acceptors (Lipinski definition) is 4. The molecule has 0 aliphatic rings. The van der Waals surface area contributed by atoms with E-state index in [2.05, 4.69) is 5.32 Å². The van der Waals surface area contributed by atoms with Gasteiger partial charge >= 0.3 is 5.69 Å². The molecule has 0 saturated heterocycles. The molecule has 4 rings (SSSR count). The third-order valence-electron chi connectivity index (χ3n) is 5.14. The number of anilines is 1. The highest BCUT2D eigenvalue weighted by Gasteiger charge is 2.25. The van der Waals surface area contributed by atoms with Crippen LogP contribution in [0.25, 0.3) is 11.0 Å². The molecule has 0 aliphatic carbocycles. The Kier molecular flexibility index (Phi) is 5.17. The van der Waals surface area contributed by atoms with Gasteiger partial charge in [0.2, 0.25) is 9.84 Å². The standard InChI is InChI=1S/C22H17F2N3O4S/c1-26-18-11-17(25-21(28)13-3-5-14(23)6-4-13)20(12-19(18)27(2)22(26)29)32(30,31)16-9-7-15(24)8-10-16/h3-12H,1-2H3,(H,25,28). The summed E-state index contributed by atoms with van der Waals surface area (Å²) in [6, 6.07) is 11.7. The van der Waals surface area contributed by atoms with E-state index in [1.807, 2.05) is 0 Å². The van der Waals surface area contributed by atoms with Gasteiger partial charge in [0.05, 0.1) is 26.5 Å². The third kappa shape index (κ3) is 3.58. The van der Waals surface area contributed by atoms with Gasteiger partial charge in [-0.3, -0.25) is 13.9 Å². The van der Waals surface area contributed by atoms with Crippen molar-refractivity contribution in [3.8, 4) is 0 Å². The molecule has 10 heteroatoms. The van der Waals surface area contributed by atoms with Gasteiger partial charge in [0, 0.05) is 19.7 Å². The van der Waals surface area contributed by atoms with Gasteiger partial charge in [-0.1, -0.05) is 0 Å². The first kappa shape index (κ1) is 21.4. The number of halogens is 2. The number of fused-ring (bicyclic) bond motifs is 1. The molecule has 164 valence electrons. The molecular weight excluding hydrogens is 440 g/mol. The topological polar surface area (TPSA) is 90.2 Å². The van der Waals surface area contributed by atoms with Crippen LogP contribution in [0.1, 0.15) is 10.4 Å². The summed E-state index contributed by atoms with van der Waals surface area (Å²) < 4.78 is 55.8. The van der Waals surface area contributed by atoms with Crippen LogP contribution in [-0.2, 0) is 23.9 Å². The number of hydrogen-bond donors (Lipinski definition) is 1. The first-order valence-electron chi connectivity index (χ1n) is 9.36. The summed E-state index contributed by atoms with van der Waals surface area (Å²) in [7, 11) is -1.18.